The van der Waals surface area contributed by atoms with Crippen LogP contribution < -0.4 is 16.4 Å². The monoisotopic (exact) mass is 239 g/mol. The third-order valence-electron chi connectivity index (χ3n) is 2.37. The van der Waals surface area contributed by atoms with Gasteiger partial charge in [-0.05, 0) is 43.1 Å². The van der Waals surface area contributed by atoms with Gasteiger partial charge in [0.2, 0.25) is 0 Å². The number of hydrogen-bond donors (Lipinski definition) is 3. The van der Waals surface area contributed by atoms with Gasteiger partial charge in [-0.2, -0.15) is 0 Å². The maximum Gasteiger partial charge on any atom is 0.319 e. The van der Waals surface area contributed by atoms with E-state index in [0.29, 0.717) is 24.7 Å². The Labute approximate surface area is 100 Å². The number of benzene rings is 1. The van der Waals surface area contributed by atoms with Gasteiger partial charge in [-0.25, -0.2) is 9.18 Å². The molecular formula is C12H18FN3O. The Bertz CT molecular complexity index is 353. The van der Waals surface area contributed by atoms with Crippen LogP contribution in [0.15, 0.2) is 24.3 Å². The fourth-order valence-electron chi connectivity index (χ4n) is 1.36. The van der Waals surface area contributed by atoms with Gasteiger partial charge in [-0.1, -0.05) is 6.92 Å². The lowest BCUT2D eigenvalue weighted by molar-refractivity contribution is 0.250. The van der Waals surface area contributed by atoms with E-state index in [9.17, 15) is 9.18 Å². The molecule has 1 atom stereocenters. The van der Waals surface area contributed by atoms with E-state index in [1.807, 2.05) is 6.92 Å². The Balaban J connectivity index is 2.32. The van der Waals surface area contributed by atoms with E-state index in [0.717, 1.165) is 6.42 Å². The van der Waals surface area contributed by atoms with Crippen molar-refractivity contribution < 1.29 is 9.18 Å². The standard InChI is InChI=1S/C12H18FN3O/c1-9(6-7-14)8-15-12(17)16-11-4-2-10(13)3-5-11/h2-5,9H,6-8,14H2,1H3,(H2,15,16,17). The smallest absolute Gasteiger partial charge is 0.319 e. The number of halogens is 1. The van der Waals surface area contributed by atoms with Crippen molar-refractivity contribution in [2.75, 3.05) is 18.4 Å². The second-order valence-corrected chi connectivity index (χ2v) is 4.02. The third-order valence-corrected chi connectivity index (χ3v) is 2.37. The summed E-state index contributed by atoms with van der Waals surface area (Å²) in [6, 6.07) is 5.33. The number of carbonyl (C=O) groups excluding carboxylic acids is 1. The van der Waals surface area contributed by atoms with Crippen molar-refractivity contribution >= 4 is 11.7 Å². The average molecular weight is 239 g/mol. The van der Waals surface area contributed by atoms with Crippen LogP contribution in [0.25, 0.3) is 0 Å². The molecule has 4 nitrogen and oxygen atoms in total. The second-order valence-electron chi connectivity index (χ2n) is 4.02. The Morgan fingerprint density at radius 1 is 1.41 bits per heavy atom. The molecule has 94 valence electrons. The van der Waals surface area contributed by atoms with Gasteiger partial charge < -0.3 is 16.4 Å². The minimum Gasteiger partial charge on any atom is -0.338 e. The van der Waals surface area contributed by atoms with Gasteiger partial charge in [0, 0.05) is 12.2 Å². The van der Waals surface area contributed by atoms with Crippen molar-refractivity contribution in [2.24, 2.45) is 11.7 Å². The molecule has 0 aliphatic heterocycles. The molecule has 0 aromatic heterocycles. The average Bonchev–Trinajstić information content (AvgIpc) is 2.30. The topological polar surface area (TPSA) is 67.1 Å². The van der Waals surface area contributed by atoms with Crippen molar-refractivity contribution in [3.63, 3.8) is 0 Å². The van der Waals surface area contributed by atoms with Crippen LogP contribution >= 0.6 is 0 Å². The van der Waals surface area contributed by atoms with Gasteiger partial charge in [0.25, 0.3) is 0 Å². The van der Waals surface area contributed by atoms with Crippen LogP contribution in [-0.4, -0.2) is 19.1 Å². The highest BCUT2D eigenvalue weighted by Crippen LogP contribution is 2.07. The van der Waals surface area contributed by atoms with Crippen LogP contribution in [0.1, 0.15) is 13.3 Å². The van der Waals surface area contributed by atoms with Crippen molar-refractivity contribution in [1.29, 1.82) is 0 Å². The molecule has 0 bridgehead atoms. The van der Waals surface area contributed by atoms with Crippen LogP contribution in [-0.2, 0) is 0 Å². The molecule has 1 aromatic carbocycles. The molecule has 4 N–H and O–H groups in total. The molecule has 0 saturated carbocycles. The fourth-order valence-corrected chi connectivity index (χ4v) is 1.36. The first-order valence-corrected chi connectivity index (χ1v) is 5.62. The van der Waals surface area contributed by atoms with E-state index in [4.69, 9.17) is 5.73 Å². The van der Waals surface area contributed by atoms with Crippen molar-refractivity contribution in [3.05, 3.63) is 30.1 Å². The molecular weight excluding hydrogens is 221 g/mol. The second kappa shape index (κ2) is 6.85. The Morgan fingerprint density at radius 2 is 2.06 bits per heavy atom. The predicted octanol–water partition coefficient (Wildman–Crippen LogP) is 1.93. The zero-order chi connectivity index (χ0) is 12.7. The molecule has 0 spiro atoms. The van der Waals surface area contributed by atoms with E-state index >= 15 is 0 Å². The van der Waals surface area contributed by atoms with Crippen LogP contribution in [0.4, 0.5) is 14.9 Å². The number of anilines is 1. The Kier molecular flexibility index (Phi) is 5.42. The summed E-state index contributed by atoms with van der Waals surface area (Å²) in [5.74, 6) is 0.0199. The number of nitrogens with one attached hydrogen (secondary N) is 2. The maximum absolute atomic E-state index is 12.6. The first kappa shape index (κ1) is 13.4. The lowest BCUT2D eigenvalue weighted by Crippen LogP contribution is -2.32. The van der Waals surface area contributed by atoms with Gasteiger partial charge in [0.1, 0.15) is 5.82 Å². The number of hydrogen-bond acceptors (Lipinski definition) is 2. The molecule has 0 aliphatic rings. The summed E-state index contributed by atoms with van der Waals surface area (Å²) >= 11 is 0. The third kappa shape index (κ3) is 5.31. The van der Waals surface area contributed by atoms with Crippen LogP contribution in [0.5, 0.6) is 0 Å². The maximum atomic E-state index is 12.6. The van der Waals surface area contributed by atoms with E-state index in [1.54, 1.807) is 0 Å². The quantitative estimate of drug-likeness (QED) is 0.735. The number of rotatable bonds is 5. The molecule has 0 heterocycles. The van der Waals surface area contributed by atoms with Gasteiger partial charge in [-0.15, -0.1) is 0 Å². The normalized spacial score (nSPS) is 11.9. The van der Waals surface area contributed by atoms with Gasteiger partial charge in [-0.3, -0.25) is 0 Å². The van der Waals surface area contributed by atoms with Gasteiger partial charge >= 0.3 is 6.03 Å². The van der Waals surface area contributed by atoms with E-state index in [1.165, 1.54) is 24.3 Å². The summed E-state index contributed by atoms with van der Waals surface area (Å²) in [6.45, 7) is 3.21. The SMILES string of the molecule is CC(CCN)CNC(=O)Nc1ccc(F)cc1. The minimum atomic E-state index is -0.326. The lowest BCUT2D eigenvalue weighted by atomic mass is 10.1. The first-order chi connectivity index (χ1) is 8.11. The van der Waals surface area contributed by atoms with E-state index in [2.05, 4.69) is 10.6 Å². The van der Waals surface area contributed by atoms with Gasteiger partial charge in [0.15, 0.2) is 0 Å². The largest absolute Gasteiger partial charge is 0.338 e. The number of urea groups is 1. The number of carbonyl (C=O) groups is 1. The highest BCUT2D eigenvalue weighted by Gasteiger charge is 2.04. The molecule has 1 aromatic rings. The van der Waals surface area contributed by atoms with Crippen molar-refractivity contribution in [3.8, 4) is 0 Å². The van der Waals surface area contributed by atoms with Gasteiger partial charge in [0.05, 0.1) is 0 Å². The molecule has 0 fully saturated rings. The van der Waals surface area contributed by atoms with E-state index in [-0.39, 0.29) is 11.8 Å². The highest BCUT2D eigenvalue weighted by molar-refractivity contribution is 5.89. The summed E-state index contributed by atoms with van der Waals surface area (Å²) in [5.41, 5.74) is 5.97. The summed E-state index contributed by atoms with van der Waals surface area (Å²) in [6.07, 6.45) is 0.872. The fraction of sp³-hybridized carbons (Fsp3) is 0.417. The molecule has 17 heavy (non-hydrogen) atoms. The summed E-state index contributed by atoms with van der Waals surface area (Å²) in [7, 11) is 0. The molecule has 0 aliphatic carbocycles. The highest BCUT2D eigenvalue weighted by atomic mass is 19.1. The number of nitrogens with two attached hydrogens (primary N) is 1. The minimum absolute atomic E-state index is 0.291. The van der Waals surface area contributed by atoms with Crippen LogP contribution in [0.2, 0.25) is 0 Å². The molecule has 1 unspecified atom stereocenters. The lowest BCUT2D eigenvalue weighted by Gasteiger charge is -2.12. The molecule has 0 saturated heterocycles. The summed E-state index contributed by atoms with van der Waals surface area (Å²) in [4.78, 5) is 11.5. The Hall–Kier alpha value is -1.62. The number of amides is 2. The molecule has 5 heteroatoms. The van der Waals surface area contributed by atoms with E-state index < -0.39 is 0 Å². The summed E-state index contributed by atoms with van der Waals surface area (Å²) in [5, 5.41) is 5.35. The molecule has 2 amide bonds. The van der Waals surface area contributed by atoms with Crippen molar-refractivity contribution in [1.82, 2.24) is 5.32 Å². The van der Waals surface area contributed by atoms with Crippen molar-refractivity contribution in [2.45, 2.75) is 13.3 Å². The molecule has 1 rings (SSSR count). The Morgan fingerprint density at radius 3 is 2.65 bits per heavy atom. The first-order valence-electron chi connectivity index (χ1n) is 5.62. The zero-order valence-electron chi connectivity index (χ0n) is 9.87. The molecule has 0 radical (unpaired) electrons. The summed E-state index contributed by atoms with van der Waals surface area (Å²) < 4.78 is 12.6. The van der Waals surface area contributed by atoms with Crippen LogP contribution in [0, 0.1) is 11.7 Å². The zero-order valence-corrected chi connectivity index (χ0v) is 9.87. The predicted molar refractivity (Wildman–Crippen MR) is 66.3 cm³/mol. The van der Waals surface area contributed by atoms with Crippen LogP contribution in [0.3, 0.4) is 0 Å².